The predicted octanol–water partition coefficient (Wildman–Crippen LogP) is 4.23. The Morgan fingerprint density at radius 1 is 1.07 bits per heavy atom. The largest absolute Gasteiger partial charge is 0.382 e. The van der Waals surface area contributed by atoms with E-state index in [1.54, 1.807) is 24.0 Å². The first-order valence-corrected chi connectivity index (χ1v) is 10.8. The molecule has 2 aromatic carbocycles. The van der Waals surface area contributed by atoms with Gasteiger partial charge in [-0.15, -0.1) is 0 Å². The van der Waals surface area contributed by atoms with E-state index < -0.39 is 6.04 Å². The second-order valence-electron chi connectivity index (χ2n) is 7.15. The molecule has 30 heavy (non-hydrogen) atoms. The van der Waals surface area contributed by atoms with Gasteiger partial charge in [-0.05, 0) is 49.9 Å². The highest BCUT2D eigenvalue weighted by atomic mass is 35.5. The summed E-state index contributed by atoms with van der Waals surface area (Å²) in [6.07, 6.45) is 1.73. The number of benzene rings is 2. The Labute approximate surface area is 184 Å². The zero-order valence-corrected chi connectivity index (χ0v) is 18.5. The van der Waals surface area contributed by atoms with Crippen molar-refractivity contribution in [2.24, 2.45) is 0 Å². The van der Waals surface area contributed by atoms with Crippen LogP contribution in [0.1, 0.15) is 37.8 Å². The van der Waals surface area contributed by atoms with E-state index in [2.05, 4.69) is 5.32 Å². The van der Waals surface area contributed by atoms with E-state index in [0.29, 0.717) is 44.2 Å². The van der Waals surface area contributed by atoms with Crippen LogP contribution in [0.4, 0.5) is 0 Å². The summed E-state index contributed by atoms with van der Waals surface area (Å²) in [7, 11) is 0. The van der Waals surface area contributed by atoms with Gasteiger partial charge in [-0.25, -0.2) is 0 Å². The highest BCUT2D eigenvalue weighted by Crippen LogP contribution is 2.15. The minimum Gasteiger partial charge on any atom is -0.382 e. The molecule has 5 nitrogen and oxygen atoms in total. The number of ether oxygens (including phenoxy) is 1. The fourth-order valence-corrected chi connectivity index (χ4v) is 3.21. The first-order valence-electron chi connectivity index (χ1n) is 10.4. The van der Waals surface area contributed by atoms with E-state index in [0.717, 1.165) is 17.5 Å². The number of hydrogen-bond acceptors (Lipinski definition) is 3. The van der Waals surface area contributed by atoms with E-state index in [4.69, 9.17) is 16.3 Å². The third kappa shape index (κ3) is 8.17. The van der Waals surface area contributed by atoms with Crippen LogP contribution in [-0.4, -0.2) is 42.5 Å². The third-order valence-electron chi connectivity index (χ3n) is 4.87. The Hall–Kier alpha value is -2.37. The molecule has 1 atom stereocenters. The van der Waals surface area contributed by atoms with Crippen LogP contribution in [0.5, 0.6) is 0 Å². The van der Waals surface area contributed by atoms with Crippen molar-refractivity contribution in [3.63, 3.8) is 0 Å². The fourth-order valence-electron chi connectivity index (χ4n) is 3.09. The van der Waals surface area contributed by atoms with Gasteiger partial charge in [0.1, 0.15) is 6.04 Å². The number of carbonyl (C=O) groups is 2. The molecular formula is C24H31ClN2O3. The summed E-state index contributed by atoms with van der Waals surface area (Å²) < 4.78 is 5.30. The monoisotopic (exact) mass is 430 g/mol. The Morgan fingerprint density at radius 2 is 1.77 bits per heavy atom. The number of halogens is 1. The third-order valence-corrected chi connectivity index (χ3v) is 5.12. The van der Waals surface area contributed by atoms with Crippen molar-refractivity contribution in [1.29, 1.82) is 0 Å². The lowest BCUT2D eigenvalue weighted by atomic mass is 10.1. The summed E-state index contributed by atoms with van der Waals surface area (Å²) in [5.74, 6) is -0.209. The van der Waals surface area contributed by atoms with Crippen LogP contribution in [0.15, 0.2) is 54.6 Å². The standard InChI is InChI=1S/C24H31ClN2O3/c1-3-30-17-7-16-26-24(29)19(2)27(18-21-10-13-22(25)14-11-21)23(28)15-12-20-8-5-4-6-9-20/h4-6,8-11,13-14,19H,3,7,12,15-18H2,1-2H3,(H,26,29)/t19-/m1/s1. The lowest BCUT2D eigenvalue weighted by molar-refractivity contribution is -0.140. The molecule has 0 heterocycles. The van der Waals surface area contributed by atoms with Crippen molar-refractivity contribution in [2.75, 3.05) is 19.8 Å². The molecule has 0 saturated heterocycles. The van der Waals surface area contributed by atoms with Gasteiger partial charge in [-0.1, -0.05) is 54.1 Å². The van der Waals surface area contributed by atoms with Crippen LogP contribution in [0.3, 0.4) is 0 Å². The summed E-state index contributed by atoms with van der Waals surface area (Å²) in [6, 6.07) is 16.7. The number of rotatable bonds is 12. The molecule has 0 aliphatic heterocycles. The highest BCUT2D eigenvalue weighted by molar-refractivity contribution is 6.30. The molecule has 0 aliphatic rings. The molecule has 0 aliphatic carbocycles. The molecule has 1 N–H and O–H groups in total. The second kappa shape index (κ2) is 13.0. The smallest absolute Gasteiger partial charge is 0.242 e. The normalized spacial score (nSPS) is 11.7. The summed E-state index contributed by atoms with van der Waals surface area (Å²) >= 11 is 5.98. The maximum absolute atomic E-state index is 13.0. The summed E-state index contributed by atoms with van der Waals surface area (Å²) in [4.78, 5) is 27.4. The SMILES string of the molecule is CCOCCCNC(=O)[C@@H](C)N(Cc1ccc(Cl)cc1)C(=O)CCc1ccccc1. The number of nitrogens with zero attached hydrogens (tertiary/aromatic N) is 1. The van der Waals surface area contributed by atoms with Gasteiger partial charge in [0.25, 0.3) is 0 Å². The first-order chi connectivity index (χ1) is 14.5. The van der Waals surface area contributed by atoms with Gasteiger partial charge in [-0.2, -0.15) is 0 Å². The summed E-state index contributed by atoms with van der Waals surface area (Å²) in [6.45, 7) is 5.86. The minimum atomic E-state index is -0.573. The molecule has 162 valence electrons. The summed E-state index contributed by atoms with van der Waals surface area (Å²) in [5, 5.41) is 3.55. The van der Waals surface area contributed by atoms with E-state index in [1.165, 1.54) is 0 Å². The topological polar surface area (TPSA) is 58.6 Å². The molecule has 2 aromatic rings. The van der Waals surface area contributed by atoms with Crippen LogP contribution in [0, 0.1) is 0 Å². The Balaban J connectivity index is 2.02. The molecule has 2 rings (SSSR count). The quantitative estimate of drug-likeness (QED) is 0.512. The molecule has 0 bridgehead atoms. The molecule has 6 heteroatoms. The molecule has 0 aromatic heterocycles. The molecule has 0 unspecified atom stereocenters. The molecule has 2 amide bonds. The number of nitrogens with one attached hydrogen (secondary N) is 1. The van der Waals surface area contributed by atoms with E-state index in [1.807, 2.05) is 49.4 Å². The lowest BCUT2D eigenvalue weighted by Crippen LogP contribution is -2.48. The van der Waals surface area contributed by atoms with Gasteiger partial charge in [0.15, 0.2) is 0 Å². The zero-order chi connectivity index (χ0) is 21.8. The number of amides is 2. The van der Waals surface area contributed by atoms with Crippen LogP contribution in [0.2, 0.25) is 5.02 Å². The van der Waals surface area contributed by atoms with Gasteiger partial charge in [0, 0.05) is 37.7 Å². The van der Waals surface area contributed by atoms with Gasteiger partial charge in [0.2, 0.25) is 11.8 Å². The first kappa shape index (κ1) is 23.9. The lowest BCUT2D eigenvalue weighted by Gasteiger charge is -2.29. The van der Waals surface area contributed by atoms with E-state index >= 15 is 0 Å². The second-order valence-corrected chi connectivity index (χ2v) is 7.59. The molecule has 0 fully saturated rings. The average Bonchev–Trinajstić information content (AvgIpc) is 2.77. The van der Waals surface area contributed by atoms with E-state index in [-0.39, 0.29) is 11.8 Å². The zero-order valence-electron chi connectivity index (χ0n) is 17.8. The minimum absolute atomic E-state index is 0.0502. The van der Waals surface area contributed by atoms with Gasteiger partial charge >= 0.3 is 0 Å². The van der Waals surface area contributed by atoms with Crippen LogP contribution >= 0.6 is 11.6 Å². The van der Waals surface area contributed by atoms with E-state index in [9.17, 15) is 9.59 Å². The number of hydrogen-bond donors (Lipinski definition) is 1. The number of carbonyl (C=O) groups excluding carboxylic acids is 2. The van der Waals surface area contributed by atoms with Gasteiger partial charge in [-0.3, -0.25) is 9.59 Å². The fraction of sp³-hybridized carbons (Fsp3) is 0.417. The molecule has 0 radical (unpaired) electrons. The maximum Gasteiger partial charge on any atom is 0.242 e. The van der Waals surface area contributed by atoms with Crippen LogP contribution in [-0.2, 0) is 27.3 Å². The van der Waals surface area contributed by atoms with Crippen molar-refractivity contribution in [3.05, 3.63) is 70.7 Å². The van der Waals surface area contributed by atoms with Crippen molar-refractivity contribution in [2.45, 2.75) is 45.7 Å². The van der Waals surface area contributed by atoms with Crippen molar-refractivity contribution < 1.29 is 14.3 Å². The molecular weight excluding hydrogens is 400 g/mol. The number of aryl methyl sites for hydroxylation is 1. The molecule has 0 saturated carbocycles. The Morgan fingerprint density at radius 3 is 2.43 bits per heavy atom. The van der Waals surface area contributed by atoms with Crippen LogP contribution < -0.4 is 5.32 Å². The maximum atomic E-state index is 13.0. The average molecular weight is 431 g/mol. The highest BCUT2D eigenvalue weighted by Gasteiger charge is 2.25. The van der Waals surface area contributed by atoms with Crippen molar-refractivity contribution in [1.82, 2.24) is 10.2 Å². The van der Waals surface area contributed by atoms with Crippen LogP contribution in [0.25, 0.3) is 0 Å². The van der Waals surface area contributed by atoms with Crippen molar-refractivity contribution in [3.8, 4) is 0 Å². The Kier molecular flexibility index (Phi) is 10.4. The molecule has 0 spiro atoms. The predicted molar refractivity (Wildman–Crippen MR) is 120 cm³/mol. The Bertz CT molecular complexity index is 781. The summed E-state index contributed by atoms with van der Waals surface area (Å²) in [5.41, 5.74) is 2.04. The van der Waals surface area contributed by atoms with Crippen molar-refractivity contribution >= 4 is 23.4 Å². The van der Waals surface area contributed by atoms with Gasteiger partial charge < -0.3 is 15.0 Å². The van der Waals surface area contributed by atoms with Gasteiger partial charge in [0.05, 0.1) is 0 Å².